The molecule has 0 aliphatic heterocycles. The second kappa shape index (κ2) is 6.63. The normalized spacial score (nSPS) is 15.2. The molecular formula is C18H23FN4O. The van der Waals surface area contributed by atoms with E-state index in [1.54, 1.807) is 31.4 Å². The van der Waals surface area contributed by atoms with Crippen molar-refractivity contribution >= 4 is 11.8 Å². The van der Waals surface area contributed by atoms with Crippen molar-refractivity contribution in [2.45, 2.75) is 39.3 Å². The Labute approximate surface area is 141 Å². The molecule has 0 radical (unpaired) electrons. The zero-order chi connectivity index (χ0) is 17.3. The zero-order valence-corrected chi connectivity index (χ0v) is 14.3. The lowest BCUT2D eigenvalue weighted by molar-refractivity contribution is 0.207. The lowest BCUT2D eigenvalue weighted by Gasteiger charge is -2.26. The molecule has 2 amide bonds. The molecule has 1 aromatic carbocycles. The second-order valence-electron chi connectivity index (χ2n) is 6.54. The van der Waals surface area contributed by atoms with Gasteiger partial charge in [-0.25, -0.2) is 13.9 Å². The SMILES string of the molecule is Cc1cnn(CC2CC2)c1NC(=O)N(C)[C@H](C)c1ccccc1F. The van der Waals surface area contributed by atoms with Crippen LogP contribution in [0.5, 0.6) is 0 Å². The molecule has 1 aliphatic rings. The molecule has 0 unspecified atom stereocenters. The molecule has 6 heteroatoms. The van der Waals surface area contributed by atoms with Crippen LogP contribution >= 0.6 is 0 Å². The van der Waals surface area contributed by atoms with Crippen LogP contribution in [-0.4, -0.2) is 27.8 Å². The first-order valence-electron chi connectivity index (χ1n) is 8.28. The van der Waals surface area contributed by atoms with Crippen LogP contribution in [0.1, 0.15) is 36.9 Å². The highest BCUT2D eigenvalue weighted by atomic mass is 19.1. The van der Waals surface area contributed by atoms with Gasteiger partial charge in [-0.05, 0) is 38.7 Å². The van der Waals surface area contributed by atoms with Gasteiger partial charge in [-0.2, -0.15) is 5.10 Å². The number of aryl methyl sites for hydroxylation is 1. The van der Waals surface area contributed by atoms with Crippen molar-refractivity contribution in [1.82, 2.24) is 14.7 Å². The van der Waals surface area contributed by atoms with Crippen molar-refractivity contribution in [2.24, 2.45) is 5.92 Å². The molecule has 3 rings (SSSR count). The van der Waals surface area contributed by atoms with Crippen molar-refractivity contribution < 1.29 is 9.18 Å². The lowest BCUT2D eigenvalue weighted by atomic mass is 10.1. The molecule has 5 nitrogen and oxygen atoms in total. The Morgan fingerprint density at radius 3 is 2.83 bits per heavy atom. The van der Waals surface area contributed by atoms with E-state index >= 15 is 0 Å². The van der Waals surface area contributed by atoms with E-state index < -0.39 is 0 Å². The number of amides is 2. The molecule has 0 bridgehead atoms. The molecule has 0 spiro atoms. The molecule has 24 heavy (non-hydrogen) atoms. The van der Waals surface area contributed by atoms with Crippen LogP contribution in [0.3, 0.4) is 0 Å². The zero-order valence-electron chi connectivity index (χ0n) is 14.3. The number of aromatic nitrogens is 2. The molecule has 1 saturated carbocycles. The fraction of sp³-hybridized carbons (Fsp3) is 0.444. The Morgan fingerprint density at radius 2 is 2.17 bits per heavy atom. The fourth-order valence-corrected chi connectivity index (χ4v) is 2.71. The van der Waals surface area contributed by atoms with E-state index in [1.165, 1.54) is 23.8 Å². The van der Waals surface area contributed by atoms with Crippen molar-refractivity contribution in [1.29, 1.82) is 0 Å². The molecular weight excluding hydrogens is 307 g/mol. The number of nitrogens with zero attached hydrogens (tertiary/aromatic N) is 3. The smallest absolute Gasteiger partial charge is 0.321 e. The predicted octanol–water partition coefficient (Wildman–Crippen LogP) is 3.97. The largest absolute Gasteiger partial charge is 0.323 e. The summed E-state index contributed by atoms with van der Waals surface area (Å²) in [5.41, 5.74) is 1.43. The molecule has 2 aromatic rings. The van der Waals surface area contributed by atoms with Gasteiger partial charge in [0.1, 0.15) is 11.6 Å². The molecule has 128 valence electrons. The number of rotatable bonds is 5. The third-order valence-corrected chi connectivity index (χ3v) is 4.63. The Bertz CT molecular complexity index is 738. The number of carbonyl (C=O) groups is 1. The van der Waals surface area contributed by atoms with E-state index in [-0.39, 0.29) is 17.9 Å². The summed E-state index contributed by atoms with van der Waals surface area (Å²) >= 11 is 0. The molecule has 1 aliphatic carbocycles. The number of carbonyl (C=O) groups excluding carboxylic acids is 1. The Kier molecular flexibility index (Phi) is 4.55. The predicted molar refractivity (Wildman–Crippen MR) is 91.3 cm³/mol. The Balaban J connectivity index is 1.72. The van der Waals surface area contributed by atoms with E-state index in [0.717, 1.165) is 17.9 Å². The highest BCUT2D eigenvalue weighted by Crippen LogP contribution is 2.32. The number of hydrogen-bond donors (Lipinski definition) is 1. The third kappa shape index (κ3) is 3.42. The van der Waals surface area contributed by atoms with Gasteiger partial charge < -0.3 is 4.90 Å². The van der Waals surface area contributed by atoms with Crippen LogP contribution in [0.4, 0.5) is 15.0 Å². The van der Waals surface area contributed by atoms with E-state index in [9.17, 15) is 9.18 Å². The van der Waals surface area contributed by atoms with E-state index in [4.69, 9.17) is 0 Å². The number of hydrogen-bond acceptors (Lipinski definition) is 2. The van der Waals surface area contributed by atoms with Gasteiger partial charge in [0.25, 0.3) is 0 Å². The first kappa shape index (κ1) is 16.5. The van der Waals surface area contributed by atoms with Crippen molar-refractivity contribution in [3.63, 3.8) is 0 Å². The van der Waals surface area contributed by atoms with Gasteiger partial charge in [0.15, 0.2) is 0 Å². The van der Waals surface area contributed by atoms with Gasteiger partial charge in [0.2, 0.25) is 0 Å². The Morgan fingerprint density at radius 1 is 1.46 bits per heavy atom. The first-order chi connectivity index (χ1) is 11.5. The van der Waals surface area contributed by atoms with Crippen molar-refractivity contribution in [2.75, 3.05) is 12.4 Å². The minimum absolute atomic E-state index is 0.272. The number of anilines is 1. The third-order valence-electron chi connectivity index (χ3n) is 4.63. The van der Waals surface area contributed by atoms with Gasteiger partial charge in [-0.15, -0.1) is 0 Å². The highest BCUT2D eigenvalue weighted by Gasteiger charge is 2.25. The summed E-state index contributed by atoms with van der Waals surface area (Å²) in [5, 5.41) is 7.28. The van der Waals surface area contributed by atoms with Gasteiger partial charge >= 0.3 is 6.03 Å². The Hall–Kier alpha value is -2.37. The van der Waals surface area contributed by atoms with Gasteiger partial charge in [-0.1, -0.05) is 18.2 Å². The van der Waals surface area contributed by atoms with Gasteiger partial charge in [-0.3, -0.25) is 5.32 Å². The standard InChI is InChI=1S/C18H23FN4O/c1-12-10-20-23(11-14-8-9-14)17(12)21-18(24)22(3)13(2)15-6-4-5-7-16(15)19/h4-7,10,13-14H,8-9,11H2,1-3H3,(H,21,24)/t13-/m1/s1. The van der Waals surface area contributed by atoms with Crippen LogP contribution in [0.2, 0.25) is 0 Å². The summed E-state index contributed by atoms with van der Waals surface area (Å²) in [4.78, 5) is 14.1. The monoisotopic (exact) mass is 330 g/mol. The quantitative estimate of drug-likeness (QED) is 0.902. The van der Waals surface area contributed by atoms with E-state index in [2.05, 4.69) is 10.4 Å². The summed E-state index contributed by atoms with van der Waals surface area (Å²) < 4.78 is 15.8. The maximum Gasteiger partial charge on any atom is 0.323 e. The summed E-state index contributed by atoms with van der Waals surface area (Å²) in [7, 11) is 1.67. The molecule has 1 heterocycles. The summed E-state index contributed by atoms with van der Waals surface area (Å²) in [6.07, 6.45) is 4.20. The molecule has 1 atom stereocenters. The van der Waals surface area contributed by atoms with E-state index in [0.29, 0.717) is 11.5 Å². The average Bonchev–Trinajstić information content (AvgIpc) is 3.33. The fourth-order valence-electron chi connectivity index (χ4n) is 2.71. The number of urea groups is 1. The topological polar surface area (TPSA) is 50.2 Å². The van der Waals surface area contributed by atoms with Crippen LogP contribution in [0.15, 0.2) is 30.5 Å². The molecule has 1 aromatic heterocycles. The van der Waals surface area contributed by atoms with Crippen LogP contribution in [0, 0.1) is 18.7 Å². The molecule has 0 saturated heterocycles. The minimum Gasteiger partial charge on any atom is -0.321 e. The summed E-state index contributed by atoms with van der Waals surface area (Å²) in [6.45, 7) is 4.56. The minimum atomic E-state index is -0.369. The van der Waals surface area contributed by atoms with Crippen LogP contribution in [0.25, 0.3) is 0 Å². The summed E-state index contributed by atoms with van der Waals surface area (Å²) in [5.74, 6) is 1.08. The maximum absolute atomic E-state index is 13.9. The highest BCUT2D eigenvalue weighted by molar-refractivity contribution is 5.89. The van der Waals surface area contributed by atoms with Gasteiger partial charge in [0, 0.05) is 24.7 Å². The second-order valence-corrected chi connectivity index (χ2v) is 6.54. The number of halogens is 1. The maximum atomic E-state index is 13.9. The van der Waals surface area contributed by atoms with Gasteiger partial charge in [0.05, 0.1) is 12.2 Å². The van der Waals surface area contributed by atoms with Crippen LogP contribution in [-0.2, 0) is 6.54 Å². The lowest BCUT2D eigenvalue weighted by Crippen LogP contribution is -2.34. The first-order valence-corrected chi connectivity index (χ1v) is 8.28. The summed E-state index contributed by atoms with van der Waals surface area (Å²) in [6, 6.07) is 5.89. The molecule has 1 N–H and O–H groups in total. The number of benzene rings is 1. The van der Waals surface area contributed by atoms with Crippen molar-refractivity contribution in [3.05, 3.63) is 47.4 Å². The van der Waals surface area contributed by atoms with Crippen molar-refractivity contribution in [3.8, 4) is 0 Å². The number of nitrogens with one attached hydrogen (secondary N) is 1. The molecule has 1 fully saturated rings. The van der Waals surface area contributed by atoms with E-state index in [1.807, 2.05) is 18.5 Å². The van der Waals surface area contributed by atoms with Crippen LogP contribution < -0.4 is 5.32 Å². The average molecular weight is 330 g/mol.